The van der Waals surface area contributed by atoms with Crippen LogP contribution in [0.25, 0.3) is 0 Å². The smallest absolute Gasteiger partial charge is 0.305 e. The van der Waals surface area contributed by atoms with Crippen LogP contribution in [0.4, 0.5) is 5.69 Å². The van der Waals surface area contributed by atoms with Gasteiger partial charge in [-0.1, -0.05) is 25.4 Å². The molecule has 0 spiro atoms. The number of nitrogens with zero attached hydrogens (tertiary/aromatic N) is 1. The number of amides is 1. The molecule has 21 heavy (non-hydrogen) atoms. The number of aliphatic carboxylic acids is 1. The van der Waals surface area contributed by atoms with Gasteiger partial charge in [-0.2, -0.15) is 0 Å². The number of carbonyl (C=O) groups excluding carboxylic acids is 1. The largest absolute Gasteiger partial charge is 0.481 e. The van der Waals surface area contributed by atoms with E-state index in [4.69, 9.17) is 21.4 Å². The first-order valence-corrected chi connectivity index (χ1v) is 7.19. The Labute approximate surface area is 128 Å². The molecule has 0 unspecified atom stereocenters. The van der Waals surface area contributed by atoms with Crippen LogP contribution in [0.3, 0.4) is 0 Å². The number of hydrogen-bond donors (Lipinski definition) is 1. The Hall–Kier alpha value is -1.75. The number of carbonyl (C=O) groups is 2. The Morgan fingerprint density at radius 1 is 1.48 bits per heavy atom. The van der Waals surface area contributed by atoms with Crippen molar-refractivity contribution >= 4 is 29.2 Å². The van der Waals surface area contributed by atoms with E-state index in [2.05, 4.69) is 0 Å². The molecular weight excluding hydrogens is 294 g/mol. The number of aryl methyl sites for hydroxylation is 1. The van der Waals surface area contributed by atoms with Gasteiger partial charge in [0.05, 0.1) is 12.1 Å². The summed E-state index contributed by atoms with van der Waals surface area (Å²) in [6.45, 7) is 5.75. The van der Waals surface area contributed by atoms with E-state index in [1.165, 1.54) is 4.90 Å². The highest BCUT2D eigenvalue weighted by molar-refractivity contribution is 6.31. The normalized spacial score (nSPS) is 17.7. The van der Waals surface area contributed by atoms with Crippen LogP contribution in [0.1, 0.15) is 25.8 Å². The molecule has 1 amide bonds. The van der Waals surface area contributed by atoms with Gasteiger partial charge in [-0.15, -0.1) is 0 Å². The molecule has 0 saturated carbocycles. The van der Waals surface area contributed by atoms with Crippen molar-refractivity contribution in [3.8, 4) is 5.75 Å². The number of rotatable bonds is 4. The third-order valence-electron chi connectivity index (χ3n) is 3.42. The lowest BCUT2D eigenvalue weighted by atomic mass is 10.0. The van der Waals surface area contributed by atoms with E-state index in [9.17, 15) is 9.59 Å². The van der Waals surface area contributed by atoms with Crippen molar-refractivity contribution in [3.63, 3.8) is 0 Å². The van der Waals surface area contributed by atoms with Gasteiger partial charge < -0.3 is 14.7 Å². The Kier molecular flexibility index (Phi) is 4.42. The average Bonchev–Trinajstić information content (AvgIpc) is 2.36. The molecule has 0 bridgehead atoms. The molecular formula is C15H18ClNO4. The minimum Gasteiger partial charge on any atom is -0.481 e. The van der Waals surface area contributed by atoms with Gasteiger partial charge in [0.15, 0.2) is 6.10 Å². The number of halogens is 1. The van der Waals surface area contributed by atoms with Crippen molar-refractivity contribution in [1.29, 1.82) is 0 Å². The van der Waals surface area contributed by atoms with Crippen LogP contribution in [-0.4, -0.2) is 29.6 Å². The fourth-order valence-corrected chi connectivity index (χ4v) is 2.64. The zero-order chi connectivity index (χ0) is 15.7. The van der Waals surface area contributed by atoms with E-state index >= 15 is 0 Å². The van der Waals surface area contributed by atoms with Crippen molar-refractivity contribution in [2.45, 2.75) is 33.3 Å². The van der Waals surface area contributed by atoms with E-state index < -0.39 is 12.1 Å². The molecule has 5 nitrogen and oxygen atoms in total. The molecule has 1 aromatic carbocycles. The van der Waals surface area contributed by atoms with Crippen molar-refractivity contribution in [1.82, 2.24) is 0 Å². The predicted molar refractivity (Wildman–Crippen MR) is 80.0 cm³/mol. The van der Waals surface area contributed by atoms with Crippen LogP contribution >= 0.6 is 11.6 Å². The maximum absolute atomic E-state index is 12.5. The van der Waals surface area contributed by atoms with Crippen LogP contribution < -0.4 is 9.64 Å². The zero-order valence-corrected chi connectivity index (χ0v) is 13.0. The van der Waals surface area contributed by atoms with Gasteiger partial charge in [-0.05, 0) is 30.5 Å². The molecule has 1 aliphatic heterocycles. The fraction of sp³-hybridized carbons (Fsp3) is 0.467. The van der Waals surface area contributed by atoms with Crippen molar-refractivity contribution in [2.24, 2.45) is 5.92 Å². The van der Waals surface area contributed by atoms with Gasteiger partial charge in [-0.3, -0.25) is 9.59 Å². The highest BCUT2D eigenvalue weighted by atomic mass is 35.5. The monoisotopic (exact) mass is 311 g/mol. The summed E-state index contributed by atoms with van der Waals surface area (Å²) in [6.07, 6.45) is -0.729. The first kappa shape index (κ1) is 15.6. The Morgan fingerprint density at radius 2 is 2.14 bits per heavy atom. The Bertz CT molecular complexity index is 585. The molecule has 1 atom stereocenters. The molecule has 0 saturated heterocycles. The topological polar surface area (TPSA) is 66.8 Å². The lowest BCUT2D eigenvalue weighted by Gasteiger charge is -2.36. The zero-order valence-electron chi connectivity index (χ0n) is 12.2. The van der Waals surface area contributed by atoms with Gasteiger partial charge in [-0.25, -0.2) is 0 Å². The van der Waals surface area contributed by atoms with Crippen molar-refractivity contribution in [3.05, 3.63) is 22.7 Å². The summed E-state index contributed by atoms with van der Waals surface area (Å²) >= 11 is 6.05. The number of carboxylic acids is 1. The quantitative estimate of drug-likeness (QED) is 0.928. The molecule has 1 aromatic rings. The molecule has 1 heterocycles. The van der Waals surface area contributed by atoms with Gasteiger partial charge in [0, 0.05) is 11.6 Å². The number of hydrogen-bond acceptors (Lipinski definition) is 3. The van der Waals surface area contributed by atoms with Crippen LogP contribution in [0.5, 0.6) is 5.75 Å². The summed E-state index contributed by atoms with van der Waals surface area (Å²) in [6, 6.07) is 3.41. The van der Waals surface area contributed by atoms with Crippen molar-refractivity contribution < 1.29 is 19.4 Å². The van der Waals surface area contributed by atoms with E-state index in [0.29, 0.717) is 16.5 Å². The minimum absolute atomic E-state index is 0.00643. The molecule has 0 radical (unpaired) electrons. The number of ether oxygens (including phenoxy) is 1. The second kappa shape index (κ2) is 5.93. The highest BCUT2D eigenvalue weighted by Gasteiger charge is 2.37. The first-order chi connectivity index (χ1) is 9.81. The molecule has 0 aromatic heterocycles. The number of benzene rings is 1. The summed E-state index contributed by atoms with van der Waals surface area (Å²) < 4.78 is 5.83. The number of carboxylic acid groups (broad SMARTS) is 1. The highest BCUT2D eigenvalue weighted by Crippen LogP contribution is 2.40. The fourth-order valence-electron chi connectivity index (χ4n) is 2.38. The van der Waals surface area contributed by atoms with Gasteiger partial charge in [0.1, 0.15) is 5.75 Å². The molecule has 1 N–H and O–H groups in total. The van der Waals surface area contributed by atoms with E-state index in [0.717, 1.165) is 5.56 Å². The van der Waals surface area contributed by atoms with Gasteiger partial charge in [0.2, 0.25) is 0 Å². The first-order valence-electron chi connectivity index (χ1n) is 6.81. The lowest BCUT2D eigenvalue weighted by molar-refractivity contribution is -0.136. The van der Waals surface area contributed by atoms with Crippen LogP contribution in [0, 0.1) is 12.8 Å². The maximum Gasteiger partial charge on any atom is 0.305 e. The SMILES string of the molecule is Cc1cc(Cl)cc2c1O[C@@H](C(C)C)C(=O)N2CCC(=O)O. The minimum atomic E-state index is -0.948. The van der Waals surface area contributed by atoms with Crippen LogP contribution in [0.15, 0.2) is 12.1 Å². The lowest BCUT2D eigenvalue weighted by Crippen LogP contribution is -2.49. The standard InChI is InChI=1S/C15H18ClNO4/c1-8(2)13-15(20)17(5-4-12(18)19)11-7-10(16)6-9(3)14(11)21-13/h6-8,13H,4-5H2,1-3H3,(H,18,19)/t13-/m0/s1. The summed E-state index contributed by atoms with van der Waals surface area (Å²) in [5, 5.41) is 9.36. The molecule has 114 valence electrons. The molecule has 0 aliphatic carbocycles. The molecule has 6 heteroatoms. The van der Waals surface area contributed by atoms with E-state index in [-0.39, 0.29) is 24.8 Å². The molecule has 2 rings (SSSR count). The second-order valence-corrected chi connectivity index (χ2v) is 5.92. The number of anilines is 1. The van der Waals surface area contributed by atoms with E-state index in [1.807, 2.05) is 20.8 Å². The third-order valence-corrected chi connectivity index (χ3v) is 3.64. The molecule has 1 aliphatic rings. The van der Waals surface area contributed by atoms with Gasteiger partial charge >= 0.3 is 5.97 Å². The van der Waals surface area contributed by atoms with Crippen LogP contribution in [-0.2, 0) is 9.59 Å². The average molecular weight is 312 g/mol. The Morgan fingerprint density at radius 3 is 2.71 bits per heavy atom. The van der Waals surface area contributed by atoms with Crippen LogP contribution in [0.2, 0.25) is 5.02 Å². The number of fused-ring (bicyclic) bond motifs is 1. The summed E-state index contributed by atoms with van der Waals surface area (Å²) in [5.41, 5.74) is 1.37. The summed E-state index contributed by atoms with van der Waals surface area (Å²) in [5.74, 6) is -0.577. The van der Waals surface area contributed by atoms with Crippen molar-refractivity contribution in [2.75, 3.05) is 11.4 Å². The summed E-state index contributed by atoms with van der Waals surface area (Å²) in [7, 11) is 0. The maximum atomic E-state index is 12.5. The molecule has 0 fully saturated rings. The Balaban J connectivity index is 2.46. The predicted octanol–water partition coefficient (Wildman–Crippen LogP) is 2.87. The third kappa shape index (κ3) is 3.13. The van der Waals surface area contributed by atoms with E-state index in [1.54, 1.807) is 12.1 Å². The second-order valence-electron chi connectivity index (χ2n) is 5.49. The van der Waals surface area contributed by atoms with Gasteiger partial charge in [0.25, 0.3) is 5.91 Å². The summed E-state index contributed by atoms with van der Waals surface area (Å²) in [4.78, 5) is 24.8.